The lowest BCUT2D eigenvalue weighted by Crippen LogP contribution is -2.26. The van der Waals surface area contributed by atoms with Crippen LogP contribution in [-0.2, 0) is 4.74 Å². The van der Waals surface area contributed by atoms with E-state index in [1.807, 2.05) is 18.2 Å². The van der Waals surface area contributed by atoms with Gasteiger partial charge in [0, 0.05) is 12.3 Å². The third-order valence-corrected chi connectivity index (χ3v) is 2.82. The van der Waals surface area contributed by atoms with E-state index in [1.165, 1.54) is 0 Å². The van der Waals surface area contributed by atoms with Crippen LogP contribution in [0.5, 0.6) is 0 Å². The van der Waals surface area contributed by atoms with Crippen LogP contribution in [0.15, 0.2) is 18.2 Å². The topological polar surface area (TPSA) is 73.3 Å². The summed E-state index contributed by atoms with van der Waals surface area (Å²) in [7, 11) is 0. The molecule has 2 atom stereocenters. The van der Waals surface area contributed by atoms with Crippen LogP contribution in [0.1, 0.15) is 13.3 Å². The molecule has 82 valence electrons. The van der Waals surface area contributed by atoms with Crippen molar-refractivity contribution in [2.75, 3.05) is 23.4 Å². The van der Waals surface area contributed by atoms with Crippen LogP contribution in [0.3, 0.4) is 0 Å². The molecule has 15 heavy (non-hydrogen) atoms. The zero-order valence-electron chi connectivity index (χ0n) is 8.86. The van der Waals surface area contributed by atoms with Crippen molar-refractivity contribution in [1.82, 2.24) is 0 Å². The third kappa shape index (κ3) is 2.15. The second-order valence-corrected chi connectivity index (χ2v) is 3.96. The molecular weight excluding hydrogens is 190 g/mol. The van der Waals surface area contributed by atoms with Crippen LogP contribution in [0.4, 0.5) is 17.1 Å². The first-order valence-corrected chi connectivity index (χ1v) is 5.20. The number of nitrogen functional groups attached to an aromatic ring is 2. The predicted molar refractivity (Wildman–Crippen MR) is 62.7 cm³/mol. The fourth-order valence-electron chi connectivity index (χ4n) is 1.80. The molecule has 1 aliphatic rings. The quantitative estimate of drug-likeness (QED) is 0.642. The van der Waals surface area contributed by atoms with Crippen molar-refractivity contribution in [2.45, 2.75) is 25.5 Å². The van der Waals surface area contributed by atoms with E-state index in [9.17, 15) is 0 Å². The maximum atomic E-state index is 5.73. The molecule has 4 nitrogen and oxygen atoms in total. The first-order valence-electron chi connectivity index (χ1n) is 5.20. The average Bonchev–Trinajstić information content (AvgIpc) is 2.59. The summed E-state index contributed by atoms with van der Waals surface area (Å²) in [6, 6.07) is 5.99. The van der Waals surface area contributed by atoms with E-state index in [-0.39, 0.29) is 6.10 Å². The largest absolute Gasteiger partial charge is 0.397 e. The summed E-state index contributed by atoms with van der Waals surface area (Å²) < 4.78 is 5.47. The predicted octanol–water partition coefficient (Wildman–Crippen LogP) is 1.44. The van der Waals surface area contributed by atoms with Gasteiger partial charge in [-0.25, -0.2) is 0 Å². The summed E-state index contributed by atoms with van der Waals surface area (Å²) >= 11 is 0. The van der Waals surface area contributed by atoms with Gasteiger partial charge >= 0.3 is 0 Å². The van der Waals surface area contributed by atoms with Crippen molar-refractivity contribution >= 4 is 17.1 Å². The molecule has 0 radical (unpaired) electrons. The van der Waals surface area contributed by atoms with Crippen LogP contribution in [0.25, 0.3) is 0 Å². The normalized spacial score (nSPS) is 25.4. The number of anilines is 3. The van der Waals surface area contributed by atoms with E-state index in [0.29, 0.717) is 17.4 Å². The summed E-state index contributed by atoms with van der Waals surface area (Å²) in [5.74, 6) is 0. The highest BCUT2D eigenvalue weighted by Crippen LogP contribution is 2.23. The van der Waals surface area contributed by atoms with E-state index in [0.717, 1.165) is 18.7 Å². The molecule has 1 aromatic rings. The van der Waals surface area contributed by atoms with E-state index >= 15 is 0 Å². The van der Waals surface area contributed by atoms with Gasteiger partial charge in [0.2, 0.25) is 0 Å². The number of hydrogen-bond donors (Lipinski definition) is 3. The van der Waals surface area contributed by atoms with E-state index in [2.05, 4.69) is 12.2 Å². The Morgan fingerprint density at radius 2 is 2.13 bits per heavy atom. The van der Waals surface area contributed by atoms with Gasteiger partial charge in [0.1, 0.15) is 0 Å². The van der Waals surface area contributed by atoms with Gasteiger partial charge in [-0.05, 0) is 31.5 Å². The number of nitrogens with two attached hydrogens (primary N) is 2. The number of hydrogen-bond acceptors (Lipinski definition) is 4. The second-order valence-electron chi connectivity index (χ2n) is 3.96. The van der Waals surface area contributed by atoms with Crippen molar-refractivity contribution in [1.29, 1.82) is 0 Å². The van der Waals surface area contributed by atoms with Crippen LogP contribution in [-0.4, -0.2) is 18.8 Å². The third-order valence-electron chi connectivity index (χ3n) is 2.82. The van der Waals surface area contributed by atoms with Crippen molar-refractivity contribution in [3.05, 3.63) is 18.2 Å². The zero-order valence-corrected chi connectivity index (χ0v) is 8.86. The van der Waals surface area contributed by atoms with E-state index in [4.69, 9.17) is 16.2 Å². The molecule has 1 saturated heterocycles. The van der Waals surface area contributed by atoms with Crippen molar-refractivity contribution < 1.29 is 4.74 Å². The Kier molecular flexibility index (Phi) is 2.68. The fraction of sp³-hybridized carbons (Fsp3) is 0.455. The Bertz CT molecular complexity index is 354. The fourth-order valence-corrected chi connectivity index (χ4v) is 1.80. The lowest BCUT2D eigenvalue weighted by atomic mass is 10.1. The highest BCUT2D eigenvalue weighted by atomic mass is 16.5. The first kappa shape index (κ1) is 10.1. The zero-order chi connectivity index (χ0) is 10.8. The Morgan fingerprint density at radius 3 is 2.73 bits per heavy atom. The molecule has 0 amide bonds. The van der Waals surface area contributed by atoms with E-state index in [1.54, 1.807) is 0 Å². The first-order chi connectivity index (χ1) is 7.16. The summed E-state index contributed by atoms with van der Waals surface area (Å²) in [5, 5.41) is 3.40. The molecule has 1 aliphatic heterocycles. The summed E-state index contributed by atoms with van der Waals surface area (Å²) in [5.41, 5.74) is 13.6. The molecule has 5 N–H and O–H groups in total. The Hall–Kier alpha value is -1.42. The second kappa shape index (κ2) is 3.98. The smallest absolute Gasteiger partial charge is 0.0748 e. The molecule has 0 aliphatic carbocycles. The Balaban J connectivity index is 2.07. The van der Waals surface area contributed by atoms with Crippen molar-refractivity contribution in [3.63, 3.8) is 0 Å². The van der Waals surface area contributed by atoms with Crippen LogP contribution in [0.2, 0.25) is 0 Å². The Labute approximate surface area is 89.6 Å². The van der Waals surface area contributed by atoms with Crippen LogP contribution < -0.4 is 16.8 Å². The molecule has 2 rings (SSSR count). The van der Waals surface area contributed by atoms with Crippen LogP contribution >= 0.6 is 0 Å². The summed E-state index contributed by atoms with van der Waals surface area (Å²) in [6.45, 7) is 2.90. The molecule has 1 fully saturated rings. The molecule has 0 saturated carbocycles. The van der Waals surface area contributed by atoms with Gasteiger partial charge in [-0.15, -0.1) is 0 Å². The number of nitrogens with one attached hydrogen (secondary N) is 1. The van der Waals surface area contributed by atoms with Gasteiger partial charge in [0.05, 0.1) is 23.5 Å². The van der Waals surface area contributed by atoms with Gasteiger partial charge in [-0.3, -0.25) is 0 Å². The minimum atomic E-state index is 0.253. The van der Waals surface area contributed by atoms with Gasteiger partial charge < -0.3 is 21.5 Å². The van der Waals surface area contributed by atoms with Gasteiger partial charge in [-0.1, -0.05) is 0 Å². The maximum absolute atomic E-state index is 5.73. The van der Waals surface area contributed by atoms with Gasteiger partial charge in [0.15, 0.2) is 0 Å². The molecule has 0 spiro atoms. The average molecular weight is 207 g/mol. The lowest BCUT2D eigenvalue weighted by Gasteiger charge is -2.17. The molecule has 1 heterocycles. The number of ether oxygens (including phenoxy) is 1. The Morgan fingerprint density at radius 1 is 1.33 bits per heavy atom. The summed E-state index contributed by atoms with van der Waals surface area (Å²) in [4.78, 5) is 0. The van der Waals surface area contributed by atoms with Crippen LogP contribution in [0, 0.1) is 0 Å². The lowest BCUT2D eigenvalue weighted by molar-refractivity contribution is 0.121. The van der Waals surface area contributed by atoms with Gasteiger partial charge in [-0.2, -0.15) is 0 Å². The number of rotatable bonds is 2. The highest BCUT2D eigenvalue weighted by Gasteiger charge is 2.23. The summed E-state index contributed by atoms with van der Waals surface area (Å²) in [6.07, 6.45) is 1.29. The molecule has 2 unspecified atom stereocenters. The SMILES string of the molecule is CC1OCCC1Nc1ccc(N)c(N)c1. The maximum Gasteiger partial charge on any atom is 0.0748 e. The molecule has 4 heteroatoms. The van der Waals surface area contributed by atoms with E-state index < -0.39 is 0 Å². The standard InChI is InChI=1S/C11H17N3O/c1-7-11(4-5-15-7)14-8-2-3-9(12)10(13)6-8/h2-3,6-7,11,14H,4-5,12-13H2,1H3. The molecule has 1 aromatic carbocycles. The van der Waals surface area contributed by atoms with Crippen molar-refractivity contribution in [2.24, 2.45) is 0 Å². The van der Waals surface area contributed by atoms with Gasteiger partial charge in [0.25, 0.3) is 0 Å². The molecule has 0 bridgehead atoms. The molecule has 0 aromatic heterocycles. The minimum absolute atomic E-state index is 0.253. The molecular formula is C11H17N3O. The van der Waals surface area contributed by atoms with Crippen molar-refractivity contribution in [3.8, 4) is 0 Å². The minimum Gasteiger partial charge on any atom is -0.397 e. The number of benzene rings is 1. The highest BCUT2D eigenvalue weighted by molar-refractivity contribution is 5.69. The monoisotopic (exact) mass is 207 g/mol.